The molecule has 0 fully saturated rings. The van der Waals surface area contributed by atoms with Gasteiger partial charge in [0.1, 0.15) is 11.6 Å². The summed E-state index contributed by atoms with van der Waals surface area (Å²) in [6.45, 7) is 0. The Hall–Kier alpha value is -2.76. The van der Waals surface area contributed by atoms with Gasteiger partial charge in [0.15, 0.2) is 5.03 Å². The lowest BCUT2D eigenvalue weighted by Crippen LogP contribution is -2.13. The molecule has 3 rings (SSSR count). The van der Waals surface area contributed by atoms with Gasteiger partial charge in [0.2, 0.25) is 5.95 Å². The number of halogens is 1. The molecule has 0 saturated heterocycles. The number of pyridine rings is 1. The number of sulfonamides is 1. The van der Waals surface area contributed by atoms with E-state index < -0.39 is 10.0 Å². The lowest BCUT2D eigenvalue weighted by Gasteiger charge is -2.11. The number of nitrogens with two attached hydrogens (primary N) is 1. The van der Waals surface area contributed by atoms with Gasteiger partial charge in [0.25, 0.3) is 10.0 Å². The fourth-order valence-electron chi connectivity index (χ4n) is 1.97. The van der Waals surface area contributed by atoms with E-state index in [1.165, 1.54) is 24.5 Å². The molecule has 0 saturated carbocycles. The monoisotopic (exact) mass is 436 g/mol. The number of benzene rings is 1. The van der Waals surface area contributed by atoms with E-state index in [0.29, 0.717) is 21.7 Å². The molecule has 1 aromatic carbocycles. The molecule has 2 aromatic heterocycles. The third-order valence-electron chi connectivity index (χ3n) is 3.19. The zero-order valence-electron chi connectivity index (χ0n) is 13.1. The van der Waals surface area contributed by atoms with Crippen LogP contribution in [0.1, 0.15) is 0 Å². The highest BCUT2D eigenvalue weighted by Gasteiger charge is 2.11. The molecule has 11 heteroatoms. The number of nitrogens with zero attached hydrogens (tertiary/aromatic N) is 3. The summed E-state index contributed by atoms with van der Waals surface area (Å²) in [7, 11) is -3.85. The standard InChI is InChI=1S/C15H13BrN6O3S/c16-10-8-19-15(20-9-5-6-13(18-7-9)26(17,24)25)22-14(10)21-11-3-1-2-4-12(11)23/h1-8,23H,(H2,17,24,25)(H2,19,20,21,22). The number of phenolic OH excluding ortho intramolecular Hbond substituents is 1. The summed E-state index contributed by atoms with van der Waals surface area (Å²) in [5.41, 5.74) is 0.963. The van der Waals surface area contributed by atoms with Crippen molar-refractivity contribution in [3.8, 4) is 5.75 Å². The average molecular weight is 437 g/mol. The Morgan fingerprint density at radius 3 is 2.46 bits per heavy atom. The molecule has 9 nitrogen and oxygen atoms in total. The second kappa shape index (κ2) is 7.23. The van der Waals surface area contributed by atoms with Gasteiger partial charge >= 0.3 is 0 Å². The molecule has 0 amide bonds. The molecule has 5 N–H and O–H groups in total. The summed E-state index contributed by atoms with van der Waals surface area (Å²) in [6.07, 6.45) is 2.84. The second-order valence-corrected chi connectivity index (χ2v) is 7.45. The quantitative estimate of drug-likeness (QED) is 0.446. The van der Waals surface area contributed by atoms with Crippen molar-refractivity contribution in [2.75, 3.05) is 10.6 Å². The summed E-state index contributed by atoms with van der Waals surface area (Å²) < 4.78 is 23.0. The van der Waals surface area contributed by atoms with E-state index >= 15 is 0 Å². The first kappa shape index (κ1) is 18.0. The molecule has 134 valence electrons. The van der Waals surface area contributed by atoms with Gasteiger partial charge in [0.05, 0.1) is 22.0 Å². The Morgan fingerprint density at radius 2 is 1.81 bits per heavy atom. The Balaban J connectivity index is 1.82. The minimum Gasteiger partial charge on any atom is -0.506 e. The largest absolute Gasteiger partial charge is 0.506 e. The molecule has 0 unspecified atom stereocenters. The molecule has 0 aliphatic carbocycles. The van der Waals surface area contributed by atoms with E-state index in [-0.39, 0.29) is 16.7 Å². The van der Waals surface area contributed by atoms with Crippen molar-refractivity contribution in [1.29, 1.82) is 0 Å². The van der Waals surface area contributed by atoms with Gasteiger partial charge in [-0.05, 0) is 40.2 Å². The lowest BCUT2D eigenvalue weighted by atomic mass is 10.3. The summed E-state index contributed by atoms with van der Waals surface area (Å²) in [4.78, 5) is 12.2. The van der Waals surface area contributed by atoms with Crippen molar-refractivity contribution in [2.24, 2.45) is 5.14 Å². The van der Waals surface area contributed by atoms with Gasteiger partial charge in [-0.3, -0.25) is 0 Å². The fraction of sp³-hybridized carbons (Fsp3) is 0. The van der Waals surface area contributed by atoms with Gasteiger partial charge in [-0.15, -0.1) is 0 Å². The summed E-state index contributed by atoms with van der Waals surface area (Å²) in [6, 6.07) is 9.50. The number of primary sulfonamides is 1. The van der Waals surface area contributed by atoms with Crippen LogP contribution in [0.2, 0.25) is 0 Å². The Bertz CT molecular complexity index is 1040. The number of hydrogen-bond donors (Lipinski definition) is 4. The maximum atomic E-state index is 11.2. The highest BCUT2D eigenvalue weighted by atomic mass is 79.9. The van der Waals surface area contributed by atoms with Crippen LogP contribution in [-0.4, -0.2) is 28.5 Å². The smallest absolute Gasteiger partial charge is 0.255 e. The topological polar surface area (TPSA) is 143 Å². The van der Waals surface area contributed by atoms with E-state index in [9.17, 15) is 13.5 Å². The van der Waals surface area contributed by atoms with E-state index in [4.69, 9.17) is 5.14 Å². The Kier molecular flexibility index (Phi) is 5.02. The highest BCUT2D eigenvalue weighted by molar-refractivity contribution is 9.10. The van der Waals surface area contributed by atoms with Crippen molar-refractivity contribution in [3.05, 3.63) is 53.3 Å². The number of anilines is 4. The predicted octanol–water partition coefficient (Wildman–Crippen LogP) is 2.47. The third-order valence-corrected chi connectivity index (χ3v) is 4.59. The Labute approximate surface area is 157 Å². The zero-order chi connectivity index (χ0) is 18.7. The molecule has 2 heterocycles. The summed E-state index contributed by atoms with van der Waals surface area (Å²) in [5.74, 6) is 0.754. The lowest BCUT2D eigenvalue weighted by molar-refractivity contribution is 0.477. The van der Waals surface area contributed by atoms with Crippen LogP contribution in [-0.2, 0) is 10.0 Å². The maximum Gasteiger partial charge on any atom is 0.255 e. The molecule has 0 spiro atoms. The first-order valence-electron chi connectivity index (χ1n) is 7.16. The number of para-hydroxylation sites is 2. The van der Waals surface area contributed by atoms with Crippen molar-refractivity contribution >= 4 is 49.1 Å². The molecule has 0 atom stereocenters. The van der Waals surface area contributed by atoms with Gasteiger partial charge in [-0.25, -0.2) is 23.5 Å². The van der Waals surface area contributed by atoms with Crippen molar-refractivity contribution in [3.63, 3.8) is 0 Å². The number of phenols is 1. The average Bonchev–Trinajstić information content (AvgIpc) is 2.59. The molecule has 0 aliphatic rings. The predicted molar refractivity (Wildman–Crippen MR) is 100 cm³/mol. The number of nitrogens with one attached hydrogen (secondary N) is 2. The van der Waals surface area contributed by atoms with E-state index in [1.54, 1.807) is 24.3 Å². The van der Waals surface area contributed by atoms with Crippen molar-refractivity contribution in [2.45, 2.75) is 5.03 Å². The number of rotatable bonds is 5. The summed E-state index contributed by atoms with van der Waals surface area (Å²) >= 11 is 3.34. The van der Waals surface area contributed by atoms with Crippen LogP contribution in [0.5, 0.6) is 5.75 Å². The highest BCUT2D eigenvalue weighted by Crippen LogP contribution is 2.29. The normalized spacial score (nSPS) is 11.2. The van der Waals surface area contributed by atoms with Gasteiger partial charge in [-0.2, -0.15) is 4.98 Å². The van der Waals surface area contributed by atoms with Crippen LogP contribution in [0.15, 0.2) is 58.3 Å². The molecule has 3 aromatic rings. The van der Waals surface area contributed by atoms with E-state index in [1.807, 2.05) is 0 Å². The number of aromatic hydroxyl groups is 1. The zero-order valence-corrected chi connectivity index (χ0v) is 15.5. The SMILES string of the molecule is NS(=O)(=O)c1ccc(Nc2ncc(Br)c(Nc3ccccc3O)n2)cn1. The Morgan fingerprint density at radius 1 is 1.04 bits per heavy atom. The van der Waals surface area contributed by atoms with Gasteiger partial charge in [0, 0.05) is 6.20 Å². The molecule has 0 bridgehead atoms. The van der Waals surface area contributed by atoms with Crippen molar-refractivity contribution in [1.82, 2.24) is 15.0 Å². The number of aromatic nitrogens is 3. The third kappa shape index (κ3) is 4.25. The second-order valence-electron chi connectivity index (χ2n) is 5.09. The first-order chi connectivity index (χ1) is 12.3. The fourth-order valence-corrected chi connectivity index (χ4v) is 2.72. The molecule has 0 aliphatic heterocycles. The van der Waals surface area contributed by atoms with Crippen molar-refractivity contribution < 1.29 is 13.5 Å². The molecular weight excluding hydrogens is 424 g/mol. The van der Waals surface area contributed by atoms with E-state index in [2.05, 4.69) is 41.5 Å². The first-order valence-corrected chi connectivity index (χ1v) is 9.50. The maximum absolute atomic E-state index is 11.2. The van der Waals surface area contributed by atoms with Crippen LogP contribution in [0.4, 0.5) is 23.1 Å². The van der Waals surface area contributed by atoms with Crippen LogP contribution >= 0.6 is 15.9 Å². The molecule has 0 radical (unpaired) electrons. The minimum absolute atomic E-state index is 0.0790. The molecular formula is C15H13BrN6O3S. The van der Waals surface area contributed by atoms with Gasteiger partial charge < -0.3 is 15.7 Å². The van der Waals surface area contributed by atoms with Crippen LogP contribution < -0.4 is 15.8 Å². The molecule has 26 heavy (non-hydrogen) atoms. The van der Waals surface area contributed by atoms with Gasteiger partial charge in [-0.1, -0.05) is 12.1 Å². The van der Waals surface area contributed by atoms with Crippen LogP contribution in [0.3, 0.4) is 0 Å². The number of hydrogen-bond acceptors (Lipinski definition) is 8. The van der Waals surface area contributed by atoms with Crippen LogP contribution in [0, 0.1) is 0 Å². The summed E-state index contributed by atoms with van der Waals surface area (Å²) in [5, 5.41) is 20.5. The van der Waals surface area contributed by atoms with Crippen LogP contribution in [0.25, 0.3) is 0 Å². The van der Waals surface area contributed by atoms with E-state index in [0.717, 1.165) is 0 Å². The minimum atomic E-state index is -3.85.